The summed E-state index contributed by atoms with van der Waals surface area (Å²) in [4.78, 5) is 50.8. The molecule has 0 saturated heterocycles. The van der Waals surface area contributed by atoms with E-state index < -0.39 is 23.5 Å². The lowest BCUT2D eigenvalue weighted by Crippen LogP contribution is -2.21. The lowest BCUT2D eigenvalue weighted by Gasteiger charge is -2.15. The minimum absolute atomic E-state index is 0.0840. The van der Waals surface area contributed by atoms with E-state index in [2.05, 4.69) is 4.74 Å². The maximum atomic E-state index is 13.2. The van der Waals surface area contributed by atoms with Gasteiger partial charge in [-0.05, 0) is 49.2 Å². The van der Waals surface area contributed by atoms with E-state index in [9.17, 15) is 28.0 Å². The number of esters is 2. The van der Waals surface area contributed by atoms with Crippen LogP contribution in [-0.2, 0) is 35.1 Å². The molecule has 0 spiro atoms. The maximum Gasteiger partial charge on any atom is 0.343 e. The zero-order valence-electron chi connectivity index (χ0n) is 23.7. The molecule has 0 saturated carbocycles. The number of benzene rings is 2. The van der Waals surface area contributed by atoms with Crippen molar-refractivity contribution in [3.8, 4) is 0 Å². The third-order valence-electron chi connectivity index (χ3n) is 4.88. The van der Waals surface area contributed by atoms with Crippen molar-refractivity contribution in [3.63, 3.8) is 0 Å². The zero-order valence-corrected chi connectivity index (χ0v) is 23.7. The molecule has 0 atom stereocenters. The molecule has 0 aliphatic rings. The van der Waals surface area contributed by atoms with Gasteiger partial charge < -0.3 is 19.3 Å². The largest absolute Gasteiger partial charge is 0.466 e. The lowest BCUT2D eigenvalue weighted by atomic mass is 9.97. The van der Waals surface area contributed by atoms with Crippen LogP contribution in [0.15, 0.2) is 66.5 Å². The van der Waals surface area contributed by atoms with Gasteiger partial charge in [-0.25, -0.2) is 13.6 Å². The molecule has 0 aliphatic heterocycles. The Morgan fingerprint density at radius 1 is 0.750 bits per heavy atom. The molecule has 0 heterocycles. The Bertz CT molecular complexity index is 1200. The minimum atomic E-state index is -0.692. The number of rotatable bonds is 12. The maximum absolute atomic E-state index is 13.2. The van der Waals surface area contributed by atoms with Gasteiger partial charge in [0.25, 0.3) is 0 Å². The second-order valence-corrected chi connectivity index (χ2v) is 8.89. The van der Waals surface area contributed by atoms with Crippen LogP contribution in [0.4, 0.5) is 8.78 Å². The number of ether oxygens (including phenoxy) is 2. The predicted octanol–water partition coefficient (Wildman–Crippen LogP) is 4.20. The Kier molecular flexibility index (Phi) is 14.6. The molecule has 0 bridgehead atoms. The lowest BCUT2D eigenvalue weighted by molar-refractivity contribution is -0.145. The number of allylic oxidation sites excluding steroid dienone is 1. The highest BCUT2D eigenvalue weighted by Gasteiger charge is 2.25. The van der Waals surface area contributed by atoms with Crippen molar-refractivity contribution >= 4 is 29.1 Å². The number of carbonyl (C=O) groups is 4. The van der Waals surface area contributed by atoms with Crippen LogP contribution < -0.4 is 0 Å². The molecule has 0 unspecified atom stereocenters. The second-order valence-electron chi connectivity index (χ2n) is 8.89. The number of hydrogen-bond acceptors (Lipinski definition) is 8. The fourth-order valence-corrected chi connectivity index (χ4v) is 3.23. The molecule has 8 nitrogen and oxygen atoms in total. The van der Waals surface area contributed by atoms with E-state index in [-0.39, 0.29) is 48.8 Å². The van der Waals surface area contributed by atoms with Crippen molar-refractivity contribution < 1.29 is 37.4 Å². The van der Waals surface area contributed by atoms with E-state index in [0.29, 0.717) is 11.1 Å². The van der Waals surface area contributed by atoms with Crippen molar-refractivity contribution in [3.05, 3.63) is 89.3 Å². The minimum Gasteiger partial charge on any atom is -0.466 e. The zero-order chi connectivity index (χ0) is 30.2. The Balaban J connectivity index is 0.000000433. The summed E-state index contributed by atoms with van der Waals surface area (Å²) >= 11 is 0. The van der Waals surface area contributed by atoms with E-state index in [0.717, 1.165) is 0 Å². The van der Waals surface area contributed by atoms with Crippen molar-refractivity contribution in [2.75, 3.05) is 41.4 Å². The van der Waals surface area contributed by atoms with Crippen LogP contribution in [0.25, 0.3) is 5.57 Å². The molecular weight excluding hydrogens is 522 g/mol. The Morgan fingerprint density at radius 3 is 1.73 bits per heavy atom. The third-order valence-corrected chi connectivity index (χ3v) is 4.88. The Hall–Kier alpha value is -4.34. The SMILES string of the molecule is CCOC(=O)C(=CN(C)C)C(=O)C(=CN(C)C)c1ccc(F)cc1.CCOC(=O)CC(=O)Cc1ccc(F)cc1. The number of ketones is 2. The number of halogens is 2. The summed E-state index contributed by atoms with van der Waals surface area (Å²) in [5.41, 5.74) is 1.40. The van der Waals surface area contributed by atoms with Crippen molar-refractivity contribution in [2.45, 2.75) is 26.7 Å². The number of Topliss-reactive ketones (excluding diaryl/α,β-unsaturated/α-hetero) is 2. The predicted molar refractivity (Wildman–Crippen MR) is 148 cm³/mol. The first kappa shape index (κ1) is 33.7. The van der Waals surface area contributed by atoms with Gasteiger partial charge in [0.1, 0.15) is 29.4 Å². The average molecular weight is 559 g/mol. The van der Waals surface area contributed by atoms with E-state index in [1.807, 2.05) is 0 Å². The fourth-order valence-electron chi connectivity index (χ4n) is 3.23. The molecule has 10 heteroatoms. The highest BCUT2D eigenvalue weighted by Crippen LogP contribution is 2.21. The number of carbonyl (C=O) groups excluding carboxylic acids is 4. The van der Waals surface area contributed by atoms with Crippen molar-refractivity contribution in [1.29, 1.82) is 0 Å². The Morgan fingerprint density at radius 2 is 1.25 bits per heavy atom. The summed E-state index contributed by atoms with van der Waals surface area (Å²) in [5.74, 6) is -2.67. The Labute approximate surface area is 233 Å². The number of hydrogen-bond donors (Lipinski definition) is 0. The monoisotopic (exact) mass is 558 g/mol. The first-order chi connectivity index (χ1) is 18.9. The van der Waals surface area contributed by atoms with Gasteiger partial charge >= 0.3 is 11.9 Å². The highest BCUT2D eigenvalue weighted by molar-refractivity contribution is 6.37. The summed E-state index contributed by atoms with van der Waals surface area (Å²) in [6.45, 7) is 3.79. The molecule has 0 fully saturated rings. The van der Waals surface area contributed by atoms with E-state index in [4.69, 9.17) is 4.74 Å². The smallest absolute Gasteiger partial charge is 0.343 e. The van der Waals surface area contributed by atoms with Gasteiger partial charge in [-0.3, -0.25) is 14.4 Å². The summed E-state index contributed by atoms with van der Waals surface area (Å²) < 4.78 is 35.4. The van der Waals surface area contributed by atoms with Gasteiger partial charge in [-0.1, -0.05) is 24.3 Å². The summed E-state index contributed by atoms with van der Waals surface area (Å²) in [7, 11) is 6.94. The molecular formula is C30H36F2N2O6. The summed E-state index contributed by atoms with van der Waals surface area (Å²) in [6.07, 6.45) is 2.91. The summed E-state index contributed by atoms with van der Waals surface area (Å²) in [5, 5.41) is 0. The van der Waals surface area contributed by atoms with Crippen LogP contribution in [0.2, 0.25) is 0 Å². The molecule has 0 amide bonds. The topological polar surface area (TPSA) is 93.2 Å². The highest BCUT2D eigenvalue weighted by atomic mass is 19.1. The molecule has 2 rings (SSSR count). The molecule has 0 radical (unpaired) electrons. The van der Waals surface area contributed by atoms with Gasteiger partial charge in [-0.2, -0.15) is 0 Å². The van der Waals surface area contributed by atoms with Crippen molar-refractivity contribution in [2.24, 2.45) is 0 Å². The first-order valence-corrected chi connectivity index (χ1v) is 12.5. The first-order valence-electron chi connectivity index (χ1n) is 12.5. The molecule has 0 aliphatic carbocycles. The van der Waals surface area contributed by atoms with E-state index in [1.54, 1.807) is 58.0 Å². The molecule has 0 N–H and O–H groups in total. The van der Waals surface area contributed by atoms with Crippen LogP contribution in [-0.4, -0.2) is 74.7 Å². The quantitative estimate of drug-likeness (QED) is 0.166. The molecule has 2 aromatic carbocycles. The van der Waals surface area contributed by atoms with E-state index in [1.165, 1.54) is 54.7 Å². The van der Waals surface area contributed by atoms with Gasteiger partial charge in [0.05, 0.1) is 13.2 Å². The normalized spacial score (nSPS) is 11.1. The van der Waals surface area contributed by atoms with Gasteiger partial charge in [0, 0.05) is 52.6 Å². The van der Waals surface area contributed by atoms with Gasteiger partial charge in [0.15, 0.2) is 0 Å². The fraction of sp³-hybridized carbons (Fsp3) is 0.333. The van der Waals surface area contributed by atoms with Crippen LogP contribution in [0.3, 0.4) is 0 Å². The molecule has 40 heavy (non-hydrogen) atoms. The van der Waals surface area contributed by atoms with Crippen LogP contribution >= 0.6 is 0 Å². The molecule has 216 valence electrons. The third kappa shape index (κ3) is 12.5. The standard InChI is InChI=1S/C18H23FN2O3.C12H13FO3/c1-6-24-18(23)16(12-21(4)5)17(22)15(11-20(2)3)13-7-9-14(19)10-8-13;1-2-16-12(15)8-11(14)7-9-3-5-10(13)6-4-9/h7-12H,6H2,1-5H3;3-6H,2,7-8H2,1H3. The second kappa shape index (κ2) is 17.3. The van der Waals surface area contributed by atoms with Gasteiger partial charge in [-0.15, -0.1) is 0 Å². The van der Waals surface area contributed by atoms with Gasteiger partial charge in [0.2, 0.25) is 5.78 Å². The average Bonchev–Trinajstić information content (AvgIpc) is 2.88. The summed E-state index contributed by atoms with van der Waals surface area (Å²) in [6, 6.07) is 11.2. The molecule has 2 aromatic rings. The number of nitrogens with zero attached hydrogens (tertiary/aromatic N) is 2. The van der Waals surface area contributed by atoms with Crippen LogP contribution in [0.1, 0.15) is 31.4 Å². The van der Waals surface area contributed by atoms with Crippen LogP contribution in [0.5, 0.6) is 0 Å². The molecule has 0 aromatic heterocycles. The van der Waals surface area contributed by atoms with E-state index >= 15 is 0 Å². The van der Waals surface area contributed by atoms with Crippen molar-refractivity contribution in [1.82, 2.24) is 9.80 Å². The van der Waals surface area contributed by atoms with Crippen LogP contribution in [0, 0.1) is 11.6 Å².